The van der Waals surface area contributed by atoms with Crippen LogP contribution in [0.15, 0.2) is 48.5 Å². The highest BCUT2D eigenvalue weighted by Crippen LogP contribution is 2.22. The highest BCUT2D eigenvalue weighted by Gasteiger charge is 2.24. The van der Waals surface area contributed by atoms with Crippen molar-refractivity contribution in [1.82, 2.24) is 9.80 Å². The number of hydrogen-bond acceptors (Lipinski definition) is 4. The first kappa shape index (κ1) is 22.0. The van der Waals surface area contributed by atoms with Gasteiger partial charge < -0.3 is 14.5 Å². The zero-order valence-corrected chi connectivity index (χ0v) is 18.3. The Morgan fingerprint density at radius 3 is 2.53 bits per heavy atom. The highest BCUT2D eigenvalue weighted by molar-refractivity contribution is 6.07. The molecule has 2 aromatic rings. The summed E-state index contributed by atoms with van der Waals surface area (Å²) in [5.74, 6) is 1.23. The zero-order valence-electron chi connectivity index (χ0n) is 18.3. The Morgan fingerprint density at radius 1 is 1.10 bits per heavy atom. The number of ketones is 1. The molecule has 5 nitrogen and oxygen atoms in total. The summed E-state index contributed by atoms with van der Waals surface area (Å²) >= 11 is 0. The van der Waals surface area contributed by atoms with Gasteiger partial charge in [0.05, 0.1) is 12.7 Å². The number of carbonyl (C=O) groups is 2. The maximum atomic E-state index is 13.0. The lowest BCUT2D eigenvalue weighted by Crippen LogP contribution is -2.42. The van der Waals surface area contributed by atoms with E-state index in [1.807, 2.05) is 25.2 Å². The molecule has 5 heteroatoms. The summed E-state index contributed by atoms with van der Waals surface area (Å²) in [5, 5.41) is 0. The molecule has 0 aromatic heterocycles. The minimum atomic E-state index is -0.0769. The van der Waals surface area contributed by atoms with E-state index in [9.17, 15) is 9.59 Å². The second-order valence-corrected chi connectivity index (χ2v) is 8.16. The monoisotopic (exact) mass is 408 g/mol. The summed E-state index contributed by atoms with van der Waals surface area (Å²) in [5.41, 5.74) is 2.23. The van der Waals surface area contributed by atoms with Gasteiger partial charge in [-0.2, -0.15) is 0 Å². The predicted octanol–water partition coefficient (Wildman–Crippen LogP) is 3.92. The van der Waals surface area contributed by atoms with Gasteiger partial charge >= 0.3 is 0 Å². The van der Waals surface area contributed by atoms with E-state index in [1.54, 1.807) is 30.2 Å². The second-order valence-electron chi connectivity index (χ2n) is 8.16. The zero-order chi connectivity index (χ0) is 21.5. The van der Waals surface area contributed by atoms with Crippen molar-refractivity contribution < 1.29 is 14.3 Å². The van der Waals surface area contributed by atoms with Crippen LogP contribution >= 0.6 is 0 Å². The number of hydrogen-bond donors (Lipinski definition) is 0. The molecule has 0 bridgehead atoms. The van der Waals surface area contributed by atoms with Crippen LogP contribution < -0.4 is 4.74 Å². The number of benzene rings is 2. The fourth-order valence-corrected chi connectivity index (χ4v) is 4.34. The van der Waals surface area contributed by atoms with Gasteiger partial charge in [-0.1, -0.05) is 36.4 Å². The van der Waals surface area contributed by atoms with Gasteiger partial charge in [0.15, 0.2) is 5.78 Å². The second kappa shape index (κ2) is 10.4. The first-order chi connectivity index (χ1) is 14.5. The number of methoxy groups -OCH3 is 1. The smallest absolute Gasteiger partial charge is 0.254 e. The standard InChI is InChI=1S/C25H32N2O3/c1-19(28)22-11-5-6-12-23(22)25(29)26(2)17-20-9-8-15-27(18-20)16-14-21-10-4-7-13-24(21)30-3/h4-7,10-13,20H,8-9,14-18H2,1-3H3/t20-/m0/s1. The van der Waals surface area contributed by atoms with Gasteiger partial charge in [0.1, 0.15) is 5.75 Å². The average Bonchev–Trinajstić information content (AvgIpc) is 2.77. The maximum absolute atomic E-state index is 13.0. The molecule has 1 heterocycles. The number of piperidine rings is 1. The summed E-state index contributed by atoms with van der Waals surface area (Å²) in [7, 11) is 3.56. The molecule has 2 aromatic carbocycles. The van der Waals surface area contributed by atoms with E-state index in [0.717, 1.165) is 44.6 Å². The number of nitrogens with zero attached hydrogens (tertiary/aromatic N) is 2. The first-order valence-corrected chi connectivity index (χ1v) is 10.7. The quantitative estimate of drug-likeness (QED) is 0.621. The Bertz CT molecular complexity index is 880. The molecule has 0 saturated carbocycles. The molecule has 0 aliphatic carbocycles. The number of para-hydroxylation sites is 1. The van der Waals surface area contributed by atoms with Crippen LogP contribution in [0.4, 0.5) is 0 Å². The lowest BCUT2D eigenvalue weighted by molar-refractivity contribution is 0.0726. The van der Waals surface area contributed by atoms with Crippen molar-refractivity contribution in [1.29, 1.82) is 0 Å². The van der Waals surface area contributed by atoms with Crippen molar-refractivity contribution in [3.05, 3.63) is 65.2 Å². The molecule has 160 valence electrons. The summed E-state index contributed by atoms with van der Waals surface area (Å²) < 4.78 is 5.47. The van der Waals surface area contributed by atoms with Crippen LogP contribution in [0.25, 0.3) is 0 Å². The normalized spacial score (nSPS) is 16.8. The van der Waals surface area contributed by atoms with Gasteiger partial charge in [-0.25, -0.2) is 0 Å². The van der Waals surface area contributed by atoms with Gasteiger partial charge in [0, 0.05) is 32.2 Å². The van der Waals surface area contributed by atoms with Crippen LogP contribution in [-0.2, 0) is 6.42 Å². The van der Waals surface area contributed by atoms with E-state index >= 15 is 0 Å². The van der Waals surface area contributed by atoms with Crippen LogP contribution in [0.5, 0.6) is 5.75 Å². The Hall–Kier alpha value is -2.66. The van der Waals surface area contributed by atoms with Crippen LogP contribution in [0.1, 0.15) is 46.0 Å². The molecule has 1 aliphatic rings. The predicted molar refractivity (Wildman–Crippen MR) is 119 cm³/mol. The molecule has 1 amide bonds. The summed E-state index contributed by atoms with van der Waals surface area (Å²) in [6.07, 6.45) is 3.22. The Labute approximate surface area is 179 Å². The van der Waals surface area contributed by atoms with E-state index in [0.29, 0.717) is 23.6 Å². The van der Waals surface area contributed by atoms with Gasteiger partial charge in [-0.05, 0) is 56.3 Å². The van der Waals surface area contributed by atoms with E-state index in [4.69, 9.17) is 4.74 Å². The Kier molecular flexibility index (Phi) is 7.63. The van der Waals surface area contributed by atoms with Crippen molar-refractivity contribution >= 4 is 11.7 Å². The molecule has 1 aliphatic heterocycles. The molecule has 1 saturated heterocycles. The van der Waals surface area contributed by atoms with Crippen molar-refractivity contribution in [2.75, 3.05) is 40.3 Å². The van der Waals surface area contributed by atoms with Crippen LogP contribution in [0.3, 0.4) is 0 Å². The summed E-state index contributed by atoms with van der Waals surface area (Å²) in [6, 6.07) is 15.3. The van der Waals surface area contributed by atoms with Crippen molar-refractivity contribution in [3.63, 3.8) is 0 Å². The molecule has 0 unspecified atom stereocenters. The molecular formula is C25H32N2O3. The number of Topliss-reactive ketones (excluding diaryl/α,β-unsaturated/α-hetero) is 1. The summed E-state index contributed by atoms with van der Waals surface area (Å²) in [6.45, 7) is 5.28. The topological polar surface area (TPSA) is 49.9 Å². The Balaban J connectivity index is 1.57. The first-order valence-electron chi connectivity index (χ1n) is 10.7. The van der Waals surface area contributed by atoms with Gasteiger partial charge in [0.2, 0.25) is 0 Å². The Morgan fingerprint density at radius 2 is 1.80 bits per heavy atom. The van der Waals surface area contributed by atoms with E-state index < -0.39 is 0 Å². The number of carbonyl (C=O) groups excluding carboxylic acids is 2. The minimum absolute atomic E-state index is 0.0764. The third-order valence-electron chi connectivity index (χ3n) is 5.91. The fraction of sp³-hybridized carbons (Fsp3) is 0.440. The van der Waals surface area contributed by atoms with E-state index in [-0.39, 0.29) is 11.7 Å². The third-order valence-corrected chi connectivity index (χ3v) is 5.91. The third kappa shape index (κ3) is 5.48. The summed E-state index contributed by atoms with van der Waals surface area (Å²) in [4.78, 5) is 29.1. The van der Waals surface area contributed by atoms with Crippen molar-refractivity contribution in [3.8, 4) is 5.75 Å². The number of ether oxygens (including phenoxy) is 1. The highest BCUT2D eigenvalue weighted by atomic mass is 16.5. The van der Waals surface area contributed by atoms with Gasteiger partial charge in [-0.15, -0.1) is 0 Å². The van der Waals surface area contributed by atoms with Gasteiger partial charge in [0.25, 0.3) is 5.91 Å². The molecule has 3 rings (SSSR count). The largest absolute Gasteiger partial charge is 0.496 e. The van der Waals surface area contributed by atoms with Crippen molar-refractivity contribution in [2.45, 2.75) is 26.2 Å². The minimum Gasteiger partial charge on any atom is -0.496 e. The fourth-order valence-electron chi connectivity index (χ4n) is 4.34. The lowest BCUT2D eigenvalue weighted by atomic mass is 9.96. The SMILES string of the molecule is COc1ccccc1CCN1CCC[C@@H](CN(C)C(=O)c2ccccc2C(C)=O)C1. The van der Waals surface area contributed by atoms with Crippen molar-refractivity contribution in [2.24, 2.45) is 5.92 Å². The molecule has 30 heavy (non-hydrogen) atoms. The van der Waals surface area contributed by atoms with Crippen LogP contribution in [-0.4, -0.2) is 61.8 Å². The molecule has 0 spiro atoms. The number of rotatable bonds is 8. The molecule has 0 radical (unpaired) electrons. The molecule has 1 fully saturated rings. The number of likely N-dealkylation sites (tertiary alicyclic amines) is 1. The van der Waals surface area contributed by atoms with Crippen LogP contribution in [0, 0.1) is 5.92 Å². The van der Waals surface area contributed by atoms with Gasteiger partial charge in [-0.3, -0.25) is 9.59 Å². The van der Waals surface area contributed by atoms with Crippen LogP contribution in [0.2, 0.25) is 0 Å². The average molecular weight is 409 g/mol. The maximum Gasteiger partial charge on any atom is 0.254 e. The molecular weight excluding hydrogens is 376 g/mol. The number of amides is 1. The van der Waals surface area contributed by atoms with E-state index in [1.165, 1.54) is 12.5 Å². The molecule has 0 N–H and O–H groups in total. The lowest BCUT2D eigenvalue weighted by Gasteiger charge is -2.35. The van der Waals surface area contributed by atoms with E-state index in [2.05, 4.69) is 17.0 Å². The molecule has 1 atom stereocenters.